The molecule has 1 heterocycles. The Hall–Kier alpha value is 0.217. The third-order valence-corrected chi connectivity index (χ3v) is 4.37. The Morgan fingerprint density at radius 2 is 1.38 bits per heavy atom. The van der Waals surface area contributed by atoms with Crippen molar-refractivity contribution in [3.8, 4) is 0 Å². The fourth-order valence-corrected chi connectivity index (χ4v) is 3.29. The topological polar surface area (TPSA) is 0 Å². The van der Waals surface area contributed by atoms with Gasteiger partial charge >= 0.3 is 0 Å². The van der Waals surface area contributed by atoms with Gasteiger partial charge in [-0.05, 0) is 0 Å². The van der Waals surface area contributed by atoms with E-state index in [1.54, 1.807) is 12.1 Å². The molecule has 47 valence electrons. The molecule has 0 aromatic heterocycles. The second-order valence-electron chi connectivity index (χ2n) is 2.87. The minimum absolute atomic E-state index is 0.171. The molecule has 8 heavy (non-hydrogen) atoms. The predicted octanol–water partition coefficient (Wildman–Crippen LogP) is 2.69. The largest absolute Gasteiger partial charge is 0.0711 e. The summed E-state index contributed by atoms with van der Waals surface area (Å²) in [6.45, 7) is 2.48. The zero-order chi connectivity index (χ0) is 5.82. The summed E-state index contributed by atoms with van der Waals surface area (Å²) in [6, 6.07) is 3.18. The zero-order valence-electron chi connectivity index (χ0n) is 5.74. The van der Waals surface area contributed by atoms with E-state index in [0.29, 0.717) is 0 Å². The van der Waals surface area contributed by atoms with Crippen molar-refractivity contribution in [2.75, 3.05) is 0 Å². The number of rotatable bonds is 0. The maximum Gasteiger partial charge on any atom is 0.0446 e. The Morgan fingerprint density at radius 3 is 1.88 bits per heavy atom. The van der Waals surface area contributed by atoms with E-state index in [9.17, 15) is 0 Å². The molecule has 0 atom stereocenters. The normalized spacial score (nSPS) is 25.1. The van der Waals surface area contributed by atoms with Crippen LogP contribution < -0.4 is 0 Å². The van der Waals surface area contributed by atoms with E-state index in [1.165, 1.54) is 25.7 Å². The summed E-state index contributed by atoms with van der Waals surface area (Å²) in [7, 11) is 0.171. The minimum Gasteiger partial charge on any atom is -0.0711 e. The molecule has 1 aliphatic heterocycles. The summed E-state index contributed by atoms with van der Waals surface area (Å²) in [5.74, 6) is 0. The molecule has 0 saturated carbocycles. The van der Waals surface area contributed by atoms with Crippen molar-refractivity contribution >= 4 is 8.80 Å². The van der Waals surface area contributed by atoms with Crippen LogP contribution >= 0.6 is 0 Å². The fourth-order valence-electron chi connectivity index (χ4n) is 1.33. The highest BCUT2D eigenvalue weighted by Gasteiger charge is 2.06. The summed E-state index contributed by atoms with van der Waals surface area (Å²) < 4.78 is 0. The number of hydrogen-bond donors (Lipinski definition) is 0. The second kappa shape index (κ2) is 3.28. The summed E-state index contributed by atoms with van der Waals surface area (Å²) in [6.07, 6.45) is 6.10. The van der Waals surface area contributed by atoms with Crippen LogP contribution in [0.3, 0.4) is 0 Å². The molecule has 0 N–H and O–H groups in total. The third-order valence-electron chi connectivity index (χ3n) is 1.96. The summed E-state index contributed by atoms with van der Waals surface area (Å²) in [5.41, 5.74) is 0. The number of hydrogen-bond acceptors (Lipinski definition) is 0. The van der Waals surface area contributed by atoms with Crippen LogP contribution in [0.4, 0.5) is 0 Å². The van der Waals surface area contributed by atoms with Gasteiger partial charge in [0, 0.05) is 8.80 Å². The molecule has 0 aliphatic carbocycles. The fraction of sp³-hybridized carbons (Fsp3) is 1.00. The molecular weight excluding hydrogens is 112 g/mol. The maximum absolute atomic E-state index is 2.48. The van der Waals surface area contributed by atoms with E-state index in [0.717, 1.165) is 0 Å². The molecule has 0 nitrogen and oxygen atoms in total. The van der Waals surface area contributed by atoms with Crippen molar-refractivity contribution in [1.29, 1.82) is 0 Å². The first kappa shape index (κ1) is 6.34. The van der Waals surface area contributed by atoms with E-state index in [4.69, 9.17) is 0 Å². The molecule has 0 aromatic rings. The van der Waals surface area contributed by atoms with E-state index < -0.39 is 0 Å². The lowest BCUT2D eigenvalue weighted by molar-refractivity contribution is 0.720. The monoisotopic (exact) mass is 127 g/mol. The van der Waals surface area contributed by atoms with Crippen LogP contribution in [0.1, 0.15) is 25.7 Å². The Kier molecular flexibility index (Phi) is 2.60. The molecule has 1 heteroatoms. The van der Waals surface area contributed by atoms with Crippen LogP contribution in [0.2, 0.25) is 18.6 Å². The lowest BCUT2D eigenvalue weighted by Gasteiger charge is -2.00. The molecule has 1 saturated heterocycles. The molecule has 0 aromatic carbocycles. The molecule has 0 amide bonds. The molecular formula is C7H15Si. The van der Waals surface area contributed by atoms with Crippen molar-refractivity contribution in [3.05, 3.63) is 0 Å². The first-order chi connectivity index (χ1) is 3.89. The van der Waals surface area contributed by atoms with Gasteiger partial charge in [-0.25, -0.2) is 0 Å². The highest BCUT2D eigenvalue weighted by Crippen LogP contribution is 2.17. The van der Waals surface area contributed by atoms with Gasteiger partial charge in [0.1, 0.15) is 0 Å². The Bertz CT molecular complexity index is 53.4. The molecule has 0 bridgehead atoms. The smallest absolute Gasteiger partial charge is 0.0446 e. The minimum atomic E-state index is 0.171. The van der Waals surface area contributed by atoms with Crippen LogP contribution in [-0.4, -0.2) is 8.80 Å². The van der Waals surface area contributed by atoms with Gasteiger partial charge in [0.05, 0.1) is 0 Å². The molecule has 0 unspecified atom stereocenters. The first-order valence-electron chi connectivity index (χ1n) is 3.71. The SMILES string of the molecule is C[Si]1CCCCCC1. The highest BCUT2D eigenvalue weighted by molar-refractivity contribution is 6.57. The first-order valence-corrected chi connectivity index (χ1v) is 6.12. The maximum atomic E-state index is 2.48. The molecule has 1 aliphatic rings. The van der Waals surface area contributed by atoms with Gasteiger partial charge in [-0.15, -0.1) is 0 Å². The second-order valence-corrected chi connectivity index (χ2v) is 5.79. The van der Waals surface area contributed by atoms with Crippen LogP contribution in [-0.2, 0) is 0 Å². The van der Waals surface area contributed by atoms with E-state index in [-0.39, 0.29) is 8.80 Å². The summed E-state index contributed by atoms with van der Waals surface area (Å²) in [5, 5.41) is 0. The van der Waals surface area contributed by atoms with Crippen molar-refractivity contribution in [2.24, 2.45) is 0 Å². The summed E-state index contributed by atoms with van der Waals surface area (Å²) in [4.78, 5) is 0. The highest BCUT2D eigenvalue weighted by atomic mass is 28.3. The van der Waals surface area contributed by atoms with Crippen molar-refractivity contribution in [1.82, 2.24) is 0 Å². The molecule has 1 rings (SSSR count). The van der Waals surface area contributed by atoms with Gasteiger partial charge in [-0.3, -0.25) is 0 Å². The van der Waals surface area contributed by atoms with Gasteiger partial charge in [0.15, 0.2) is 0 Å². The Balaban J connectivity index is 2.17. The van der Waals surface area contributed by atoms with E-state index in [1.807, 2.05) is 0 Å². The molecule has 1 fully saturated rings. The predicted molar refractivity (Wildman–Crippen MR) is 39.7 cm³/mol. The van der Waals surface area contributed by atoms with Crippen LogP contribution in [0.15, 0.2) is 0 Å². The standard InChI is InChI=1S/C7H15Si/c1-8-6-4-2-3-5-7-8/h2-7H2,1H3. The third kappa shape index (κ3) is 1.99. The Labute approximate surface area is 53.9 Å². The lowest BCUT2D eigenvalue weighted by Crippen LogP contribution is -2.01. The van der Waals surface area contributed by atoms with Gasteiger partial charge in [0.25, 0.3) is 0 Å². The zero-order valence-corrected chi connectivity index (χ0v) is 6.74. The molecule has 0 spiro atoms. The van der Waals surface area contributed by atoms with Gasteiger partial charge in [-0.2, -0.15) is 0 Å². The summed E-state index contributed by atoms with van der Waals surface area (Å²) >= 11 is 0. The van der Waals surface area contributed by atoms with Crippen LogP contribution in [0.25, 0.3) is 0 Å². The quantitative estimate of drug-likeness (QED) is 0.439. The van der Waals surface area contributed by atoms with Crippen molar-refractivity contribution in [2.45, 2.75) is 44.3 Å². The van der Waals surface area contributed by atoms with Gasteiger partial charge in [-0.1, -0.05) is 44.3 Å². The van der Waals surface area contributed by atoms with Crippen LogP contribution in [0, 0.1) is 0 Å². The van der Waals surface area contributed by atoms with Gasteiger partial charge < -0.3 is 0 Å². The molecule has 1 radical (unpaired) electrons. The van der Waals surface area contributed by atoms with E-state index >= 15 is 0 Å². The van der Waals surface area contributed by atoms with Crippen molar-refractivity contribution < 1.29 is 0 Å². The average Bonchev–Trinajstić information content (AvgIpc) is 1.94. The van der Waals surface area contributed by atoms with E-state index in [2.05, 4.69) is 6.55 Å². The Morgan fingerprint density at radius 1 is 0.875 bits per heavy atom. The van der Waals surface area contributed by atoms with Crippen LogP contribution in [0.5, 0.6) is 0 Å². The average molecular weight is 127 g/mol. The van der Waals surface area contributed by atoms with Gasteiger partial charge in [0.2, 0.25) is 0 Å². The van der Waals surface area contributed by atoms with Crippen molar-refractivity contribution in [3.63, 3.8) is 0 Å². The lowest BCUT2D eigenvalue weighted by atomic mass is 10.2.